The Kier molecular flexibility index (Phi) is 3.71. The van der Waals surface area contributed by atoms with Crippen molar-refractivity contribution in [2.45, 2.75) is 51.1 Å². The molecule has 1 aromatic rings. The van der Waals surface area contributed by atoms with Crippen LogP contribution in [-0.2, 0) is 10.3 Å². The zero-order chi connectivity index (χ0) is 13.2. The summed E-state index contributed by atoms with van der Waals surface area (Å²) in [7, 11) is 0. The summed E-state index contributed by atoms with van der Waals surface area (Å²) in [5.74, 6) is -0.307. The molecule has 2 rings (SSSR count). The van der Waals surface area contributed by atoms with Gasteiger partial charge in [-0.2, -0.15) is 0 Å². The number of amides is 1. The lowest BCUT2D eigenvalue weighted by atomic mass is 9.89. The number of nitrogens with one attached hydrogen (secondary N) is 1. The minimum absolute atomic E-state index is 0.307. The molecule has 1 saturated carbocycles. The van der Waals surface area contributed by atoms with Gasteiger partial charge in [0.2, 0.25) is 5.91 Å². The van der Waals surface area contributed by atoms with E-state index in [1.807, 2.05) is 38.1 Å². The number of aryl methyl sites for hydroxylation is 1. The number of nitrogens with two attached hydrogens (primary N) is 1. The molecule has 1 aliphatic rings. The molecule has 0 heterocycles. The van der Waals surface area contributed by atoms with Crippen molar-refractivity contribution < 1.29 is 4.79 Å². The third-order valence-electron chi connectivity index (χ3n) is 3.97. The van der Waals surface area contributed by atoms with E-state index < -0.39 is 5.54 Å². The SMILES string of the molecule is Cc1ccc(C(C)(NC2CCCC2)C(N)=O)cc1. The monoisotopic (exact) mass is 246 g/mol. The van der Waals surface area contributed by atoms with Crippen LogP contribution in [0.25, 0.3) is 0 Å². The minimum atomic E-state index is -0.761. The zero-order valence-corrected chi connectivity index (χ0v) is 11.2. The Hall–Kier alpha value is -1.35. The second kappa shape index (κ2) is 5.11. The second-order valence-corrected chi connectivity index (χ2v) is 5.48. The van der Waals surface area contributed by atoms with Gasteiger partial charge in [-0.1, -0.05) is 42.7 Å². The summed E-state index contributed by atoms with van der Waals surface area (Å²) in [5, 5.41) is 3.45. The maximum atomic E-state index is 11.9. The highest BCUT2D eigenvalue weighted by Crippen LogP contribution is 2.26. The first kappa shape index (κ1) is 13.1. The van der Waals surface area contributed by atoms with Gasteiger partial charge in [0.15, 0.2) is 0 Å². The van der Waals surface area contributed by atoms with E-state index in [0.29, 0.717) is 6.04 Å². The third kappa shape index (κ3) is 2.56. The molecule has 0 spiro atoms. The first-order chi connectivity index (χ1) is 8.52. The number of carbonyl (C=O) groups is 1. The van der Waals surface area contributed by atoms with Gasteiger partial charge in [0.25, 0.3) is 0 Å². The summed E-state index contributed by atoms with van der Waals surface area (Å²) < 4.78 is 0. The van der Waals surface area contributed by atoms with Crippen LogP contribution in [0.5, 0.6) is 0 Å². The quantitative estimate of drug-likeness (QED) is 0.856. The van der Waals surface area contributed by atoms with Crippen molar-refractivity contribution in [3.63, 3.8) is 0 Å². The van der Waals surface area contributed by atoms with Gasteiger partial charge in [-0.3, -0.25) is 10.1 Å². The molecule has 0 bridgehead atoms. The maximum Gasteiger partial charge on any atom is 0.242 e. The molecule has 3 heteroatoms. The van der Waals surface area contributed by atoms with E-state index in [9.17, 15) is 4.79 Å². The normalized spacial score (nSPS) is 19.7. The molecule has 3 N–H and O–H groups in total. The average Bonchev–Trinajstić information content (AvgIpc) is 2.82. The predicted molar refractivity (Wildman–Crippen MR) is 73.1 cm³/mol. The largest absolute Gasteiger partial charge is 0.368 e. The predicted octanol–water partition coefficient (Wildman–Crippen LogP) is 2.23. The first-order valence-electron chi connectivity index (χ1n) is 6.67. The Morgan fingerprint density at radius 3 is 2.33 bits per heavy atom. The molecule has 0 saturated heterocycles. The smallest absolute Gasteiger partial charge is 0.242 e. The van der Waals surface area contributed by atoms with Crippen LogP contribution in [0.2, 0.25) is 0 Å². The minimum Gasteiger partial charge on any atom is -0.368 e. The maximum absolute atomic E-state index is 11.9. The van der Waals surface area contributed by atoms with E-state index in [0.717, 1.165) is 18.4 Å². The van der Waals surface area contributed by atoms with Gasteiger partial charge in [0.1, 0.15) is 5.54 Å². The fourth-order valence-electron chi connectivity index (χ4n) is 2.66. The topological polar surface area (TPSA) is 55.1 Å². The summed E-state index contributed by atoms with van der Waals surface area (Å²) in [6.07, 6.45) is 4.74. The molecule has 18 heavy (non-hydrogen) atoms. The molecule has 1 fully saturated rings. The number of carbonyl (C=O) groups excluding carboxylic acids is 1. The van der Waals surface area contributed by atoms with Gasteiger partial charge < -0.3 is 5.73 Å². The van der Waals surface area contributed by atoms with Gasteiger partial charge in [0.05, 0.1) is 0 Å². The number of rotatable bonds is 4. The summed E-state index contributed by atoms with van der Waals surface area (Å²) in [6.45, 7) is 3.92. The third-order valence-corrected chi connectivity index (χ3v) is 3.97. The van der Waals surface area contributed by atoms with Crippen LogP contribution in [0.1, 0.15) is 43.7 Å². The molecular weight excluding hydrogens is 224 g/mol. The average molecular weight is 246 g/mol. The highest BCUT2D eigenvalue weighted by Gasteiger charge is 2.35. The van der Waals surface area contributed by atoms with Crippen LogP contribution < -0.4 is 11.1 Å². The van der Waals surface area contributed by atoms with Gasteiger partial charge >= 0.3 is 0 Å². The standard InChI is InChI=1S/C15H22N2O/c1-11-7-9-12(10-8-11)15(2,14(16)18)17-13-5-3-4-6-13/h7-10,13,17H,3-6H2,1-2H3,(H2,16,18). The highest BCUT2D eigenvalue weighted by molar-refractivity contribution is 5.85. The van der Waals surface area contributed by atoms with E-state index in [4.69, 9.17) is 5.73 Å². The molecule has 0 radical (unpaired) electrons. The Balaban J connectivity index is 2.25. The molecule has 1 aromatic carbocycles. The van der Waals surface area contributed by atoms with Gasteiger partial charge in [0, 0.05) is 6.04 Å². The fourth-order valence-corrected chi connectivity index (χ4v) is 2.66. The van der Waals surface area contributed by atoms with Gasteiger partial charge in [-0.15, -0.1) is 0 Å². The van der Waals surface area contributed by atoms with Crippen LogP contribution in [0.3, 0.4) is 0 Å². The van der Waals surface area contributed by atoms with Crippen LogP contribution >= 0.6 is 0 Å². The van der Waals surface area contributed by atoms with E-state index in [2.05, 4.69) is 5.32 Å². The molecule has 1 unspecified atom stereocenters. The first-order valence-corrected chi connectivity index (χ1v) is 6.67. The lowest BCUT2D eigenvalue weighted by Gasteiger charge is -2.31. The molecule has 3 nitrogen and oxygen atoms in total. The van der Waals surface area contributed by atoms with Crippen molar-refractivity contribution in [3.8, 4) is 0 Å². The molecule has 98 valence electrons. The summed E-state index contributed by atoms with van der Waals surface area (Å²) >= 11 is 0. The Morgan fingerprint density at radius 2 is 1.83 bits per heavy atom. The van der Waals surface area contributed by atoms with Crippen molar-refractivity contribution in [2.75, 3.05) is 0 Å². The van der Waals surface area contributed by atoms with Crippen molar-refractivity contribution in [1.29, 1.82) is 0 Å². The highest BCUT2D eigenvalue weighted by atomic mass is 16.1. The Morgan fingerprint density at radius 1 is 1.28 bits per heavy atom. The summed E-state index contributed by atoms with van der Waals surface area (Å²) in [6, 6.07) is 8.42. The van der Waals surface area contributed by atoms with Gasteiger partial charge in [-0.25, -0.2) is 0 Å². The number of primary amides is 1. The summed E-state index contributed by atoms with van der Waals surface area (Å²) in [4.78, 5) is 11.9. The van der Waals surface area contributed by atoms with E-state index in [-0.39, 0.29) is 5.91 Å². The molecule has 1 atom stereocenters. The van der Waals surface area contributed by atoms with Crippen LogP contribution in [-0.4, -0.2) is 11.9 Å². The molecule has 1 aliphatic carbocycles. The Bertz CT molecular complexity index is 421. The van der Waals surface area contributed by atoms with Crippen LogP contribution in [0.4, 0.5) is 0 Å². The lowest BCUT2D eigenvalue weighted by molar-refractivity contribution is -0.124. The van der Waals surface area contributed by atoms with Crippen molar-refractivity contribution in [3.05, 3.63) is 35.4 Å². The number of hydrogen-bond acceptors (Lipinski definition) is 2. The molecule has 1 amide bonds. The van der Waals surface area contributed by atoms with Crippen molar-refractivity contribution >= 4 is 5.91 Å². The lowest BCUT2D eigenvalue weighted by Crippen LogP contribution is -2.53. The van der Waals surface area contributed by atoms with Crippen molar-refractivity contribution in [2.24, 2.45) is 5.73 Å². The van der Waals surface area contributed by atoms with E-state index in [1.54, 1.807) is 0 Å². The fraction of sp³-hybridized carbons (Fsp3) is 0.533. The van der Waals surface area contributed by atoms with Gasteiger partial charge in [-0.05, 0) is 32.3 Å². The van der Waals surface area contributed by atoms with E-state index in [1.165, 1.54) is 18.4 Å². The molecule has 0 aromatic heterocycles. The summed E-state index contributed by atoms with van der Waals surface area (Å²) in [5.41, 5.74) is 6.99. The Labute approximate surface area is 109 Å². The van der Waals surface area contributed by atoms with Crippen LogP contribution in [0.15, 0.2) is 24.3 Å². The molecular formula is C15H22N2O. The van der Waals surface area contributed by atoms with Crippen LogP contribution in [0, 0.1) is 6.92 Å². The zero-order valence-electron chi connectivity index (χ0n) is 11.2. The number of hydrogen-bond donors (Lipinski definition) is 2. The number of benzene rings is 1. The van der Waals surface area contributed by atoms with Crippen molar-refractivity contribution in [1.82, 2.24) is 5.32 Å². The van der Waals surface area contributed by atoms with E-state index >= 15 is 0 Å². The second-order valence-electron chi connectivity index (χ2n) is 5.48. The molecule has 0 aliphatic heterocycles.